The van der Waals surface area contributed by atoms with E-state index in [0.29, 0.717) is 32.2 Å². The van der Waals surface area contributed by atoms with Gasteiger partial charge in [0, 0.05) is 35.0 Å². The molecule has 1 aliphatic heterocycles. The molecule has 5 aromatic rings. The van der Waals surface area contributed by atoms with Crippen LogP contribution in [0.2, 0.25) is 5.02 Å². The van der Waals surface area contributed by atoms with Crippen molar-refractivity contribution in [1.29, 1.82) is 0 Å². The Morgan fingerprint density at radius 1 is 1.07 bits per heavy atom. The van der Waals surface area contributed by atoms with Crippen LogP contribution in [0.1, 0.15) is 52.0 Å². The highest BCUT2D eigenvalue weighted by Crippen LogP contribution is 2.28. The van der Waals surface area contributed by atoms with Gasteiger partial charge in [0.25, 0.3) is 11.8 Å². The molecule has 6 rings (SSSR count). The van der Waals surface area contributed by atoms with Crippen molar-refractivity contribution in [3.05, 3.63) is 128 Å². The minimum absolute atomic E-state index is 0.0565. The third-order valence-corrected chi connectivity index (χ3v) is 9.26. The average Bonchev–Trinajstić information content (AvgIpc) is 3.68. The second kappa shape index (κ2) is 12.4. The summed E-state index contributed by atoms with van der Waals surface area (Å²) in [7, 11) is 1.59. The number of ether oxygens (including phenoxy) is 1. The number of carbonyl (C=O) groups is 2. The molecular weight excluding hydrogens is 660 g/mol. The second-order valence-electron chi connectivity index (χ2n) is 10.9. The number of imidazole rings is 1. The smallest absolute Gasteiger partial charge is 0.333 e. The van der Waals surface area contributed by atoms with Crippen molar-refractivity contribution in [3.63, 3.8) is 0 Å². The first kappa shape index (κ1) is 30.4. The summed E-state index contributed by atoms with van der Waals surface area (Å²) in [5.41, 5.74) is 2.87. The summed E-state index contributed by atoms with van der Waals surface area (Å²) in [6.07, 6.45) is 3.51. The van der Waals surface area contributed by atoms with E-state index in [0.717, 1.165) is 11.3 Å². The monoisotopic (exact) mass is 688 g/mol. The van der Waals surface area contributed by atoms with Crippen molar-refractivity contribution in [1.82, 2.24) is 29.1 Å². The minimum Gasteiger partial charge on any atom is -0.497 e. The van der Waals surface area contributed by atoms with Gasteiger partial charge in [-0.05, 0) is 96.0 Å². The zero-order valence-electron chi connectivity index (χ0n) is 24.8. The molecular formula is C33H30BrClN6O4. The lowest BCUT2D eigenvalue weighted by molar-refractivity contribution is 0.0610. The van der Waals surface area contributed by atoms with Crippen LogP contribution in [0.3, 0.4) is 0 Å². The number of aromatic nitrogens is 4. The Kier molecular flexibility index (Phi) is 8.39. The van der Waals surface area contributed by atoms with Crippen LogP contribution in [-0.2, 0) is 13.1 Å². The summed E-state index contributed by atoms with van der Waals surface area (Å²) >= 11 is 9.67. The van der Waals surface area contributed by atoms with E-state index in [4.69, 9.17) is 16.3 Å². The Bertz CT molecular complexity index is 1930. The Labute approximate surface area is 272 Å². The number of fused-ring (bicyclic) bond motifs is 1. The Hall–Kier alpha value is -4.61. The maximum atomic E-state index is 14.1. The van der Waals surface area contributed by atoms with Gasteiger partial charge in [0.05, 0.1) is 41.8 Å². The molecule has 3 aromatic carbocycles. The normalized spacial score (nSPS) is 15.0. The van der Waals surface area contributed by atoms with E-state index in [2.05, 4.69) is 26.3 Å². The van der Waals surface area contributed by atoms with Crippen molar-refractivity contribution >= 4 is 39.3 Å². The van der Waals surface area contributed by atoms with E-state index in [1.54, 1.807) is 57.8 Å². The van der Waals surface area contributed by atoms with E-state index < -0.39 is 5.91 Å². The van der Waals surface area contributed by atoms with Crippen LogP contribution >= 0.6 is 27.5 Å². The number of hydrogen-bond acceptors (Lipinski definition) is 5. The Balaban J connectivity index is 1.41. The highest BCUT2D eigenvalue weighted by molar-refractivity contribution is 9.10. The number of nitrogens with zero attached hydrogens (tertiary/aromatic N) is 5. The van der Waals surface area contributed by atoms with Crippen molar-refractivity contribution in [2.45, 2.75) is 39.0 Å². The van der Waals surface area contributed by atoms with Crippen LogP contribution in [-0.4, -0.2) is 48.8 Å². The van der Waals surface area contributed by atoms with Gasteiger partial charge in [0.2, 0.25) is 0 Å². The molecule has 0 spiro atoms. The molecule has 10 nitrogen and oxygen atoms in total. The summed E-state index contributed by atoms with van der Waals surface area (Å²) in [5.74, 6) is 0.0240. The quantitative estimate of drug-likeness (QED) is 0.233. The fraction of sp³-hybridized carbons (Fsp3) is 0.212. The number of methoxy groups -OCH3 is 1. The first-order valence-corrected chi connectivity index (χ1v) is 15.5. The number of hydrogen-bond donors (Lipinski definition) is 1. The number of benzene rings is 3. The molecule has 0 aliphatic carbocycles. The molecule has 12 heteroatoms. The molecule has 45 heavy (non-hydrogen) atoms. The maximum absolute atomic E-state index is 14.1. The average molecular weight is 690 g/mol. The van der Waals surface area contributed by atoms with Gasteiger partial charge in [-0.1, -0.05) is 23.7 Å². The van der Waals surface area contributed by atoms with Crippen molar-refractivity contribution in [2.75, 3.05) is 7.11 Å². The number of rotatable bonds is 7. The molecule has 230 valence electrons. The molecule has 0 radical (unpaired) electrons. The van der Waals surface area contributed by atoms with Gasteiger partial charge < -0.3 is 15.0 Å². The molecule has 1 N–H and O–H groups in total. The van der Waals surface area contributed by atoms with Crippen molar-refractivity contribution < 1.29 is 14.3 Å². The second-order valence-corrected chi connectivity index (χ2v) is 12.1. The molecule has 0 fully saturated rings. The first-order valence-electron chi connectivity index (χ1n) is 14.3. The number of nitrogens with one attached hydrogen (secondary N) is 1. The fourth-order valence-electron chi connectivity index (χ4n) is 5.57. The topological polar surface area (TPSA) is 103 Å². The predicted octanol–water partition coefficient (Wildman–Crippen LogP) is 5.78. The maximum Gasteiger partial charge on any atom is 0.333 e. The molecule has 3 heterocycles. The Morgan fingerprint density at radius 3 is 2.42 bits per heavy atom. The van der Waals surface area contributed by atoms with E-state index in [1.807, 2.05) is 62.5 Å². The van der Waals surface area contributed by atoms with Gasteiger partial charge in [-0.3, -0.25) is 18.7 Å². The molecule has 2 aromatic heterocycles. The van der Waals surface area contributed by atoms with Gasteiger partial charge >= 0.3 is 5.69 Å². The summed E-state index contributed by atoms with van der Waals surface area (Å²) in [6, 6.07) is 20.8. The SMILES string of the molecule is COc1ccc([C@H](C)NC(=O)c2c3n(c(=O)n2-c2ccc(-n4cccn4)cc2)C[C@H](C)N(C(=O)c2ccc(Br)c(Cl)c2)C3)cc1. The summed E-state index contributed by atoms with van der Waals surface area (Å²) < 4.78 is 10.7. The standard InChI is InChI=1S/C33H30BrClN6O4/c1-20-18-39-29(19-38(20)32(43)23-7-14-27(34)28(35)17-23)30(31(42)37-21(2)22-5-12-26(45-3)13-6-22)41(33(39)44)25-10-8-24(9-11-25)40-16-4-15-36-40/h4-17,20-21H,18-19H2,1-3H3,(H,37,42)/t20-,21-/m0/s1. The molecule has 0 saturated carbocycles. The lowest BCUT2D eigenvalue weighted by Gasteiger charge is -2.34. The van der Waals surface area contributed by atoms with Crippen LogP contribution in [0.15, 0.2) is 94.5 Å². The molecule has 0 bridgehead atoms. The largest absolute Gasteiger partial charge is 0.497 e. The van der Waals surface area contributed by atoms with E-state index in [-0.39, 0.29) is 42.5 Å². The predicted molar refractivity (Wildman–Crippen MR) is 175 cm³/mol. The zero-order chi connectivity index (χ0) is 31.8. The van der Waals surface area contributed by atoms with Gasteiger partial charge in [-0.25, -0.2) is 9.48 Å². The van der Waals surface area contributed by atoms with Gasteiger partial charge in [-0.15, -0.1) is 0 Å². The first-order chi connectivity index (χ1) is 21.7. The molecule has 0 saturated heterocycles. The van der Waals surface area contributed by atoms with Crippen LogP contribution < -0.4 is 15.7 Å². The van der Waals surface area contributed by atoms with Gasteiger partial charge in [0.1, 0.15) is 11.4 Å². The van der Waals surface area contributed by atoms with Gasteiger partial charge in [-0.2, -0.15) is 5.10 Å². The summed E-state index contributed by atoms with van der Waals surface area (Å²) in [6.45, 7) is 4.03. The third kappa shape index (κ3) is 5.81. The molecule has 0 unspecified atom stereocenters. The summed E-state index contributed by atoms with van der Waals surface area (Å²) in [4.78, 5) is 43.6. The van der Waals surface area contributed by atoms with Crippen molar-refractivity contribution in [2.24, 2.45) is 0 Å². The lowest BCUT2D eigenvalue weighted by atomic mass is 10.1. The number of halogens is 2. The molecule has 2 atom stereocenters. The minimum atomic E-state index is -0.436. The number of amides is 2. The molecule has 1 aliphatic rings. The zero-order valence-corrected chi connectivity index (χ0v) is 27.1. The van der Waals surface area contributed by atoms with Crippen LogP contribution in [0.4, 0.5) is 0 Å². The van der Waals surface area contributed by atoms with E-state index >= 15 is 0 Å². The number of carbonyl (C=O) groups excluding carboxylic acids is 2. The summed E-state index contributed by atoms with van der Waals surface area (Å²) in [5, 5.41) is 7.75. The molecule has 2 amide bonds. The van der Waals surface area contributed by atoms with Gasteiger partial charge in [0.15, 0.2) is 0 Å². The van der Waals surface area contributed by atoms with Crippen LogP contribution in [0.25, 0.3) is 11.4 Å². The van der Waals surface area contributed by atoms with Crippen LogP contribution in [0, 0.1) is 0 Å². The Morgan fingerprint density at radius 2 is 1.78 bits per heavy atom. The van der Waals surface area contributed by atoms with Crippen LogP contribution in [0.5, 0.6) is 5.75 Å². The third-order valence-electron chi connectivity index (χ3n) is 8.03. The van der Waals surface area contributed by atoms with E-state index in [1.165, 1.54) is 4.57 Å². The highest BCUT2D eigenvalue weighted by atomic mass is 79.9. The van der Waals surface area contributed by atoms with Crippen molar-refractivity contribution in [3.8, 4) is 17.1 Å². The highest BCUT2D eigenvalue weighted by Gasteiger charge is 2.35. The van der Waals surface area contributed by atoms with E-state index in [9.17, 15) is 14.4 Å². The lowest BCUT2D eigenvalue weighted by Crippen LogP contribution is -2.47. The fourth-order valence-corrected chi connectivity index (χ4v) is 6.00.